The molecule has 2 rings (SSSR count). The van der Waals surface area contributed by atoms with Crippen molar-refractivity contribution in [3.63, 3.8) is 0 Å². The number of aromatic nitrogens is 1. The van der Waals surface area contributed by atoms with E-state index < -0.39 is 6.10 Å². The standard InChI is InChI=1S/C14H14Cl2N2O/c15-10-3-4-11(13(16)6-10)12(7-17)14(19)9-2-1-5-18-8-9/h1-6,8,12,14,19H,7,17H2. The van der Waals surface area contributed by atoms with Crippen molar-refractivity contribution in [2.24, 2.45) is 5.73 Å². The first-order valence-corrected chi connectivity index (χ1v) is 6.62. The maximum Gasteiger partial charge on any atom is 0.0886 e. The molecule has 0 aliphatic carbocycles. The highest BCUT2D eigenvalue weighted by atomic mass is 35.5. The van der Waals surface area contributed by atoms with E-state index in [2.05, 4.69) is 4.98 Å². The van der Waals surface area contributed by atoms with Crippen molar-refractivity contribution in [2.45, 2.75) is 12.0 Å². The molecule has 1 aromatic carbocycles. The molecule has 5 heteroatoms. The first kappa shape index (κ1) is 14.3. The number of halogens is 2. The molecule has 1 aromatic heterocycles. The third kappa shape index (κ3) is 3.25. The molecule has 1 heterocycles. The average Bonchev–Trinajstić information content (AvgIpc) is 2.42. The summed E-state index contributed by atoms with van der Waals surface area (Å²) in [6, 6.07) is 8.76. The largest absolute Gasteiger partial charge is 0.388 e. The predicted molar refractivity (Wildman–Crippen MR) is 77.5 cm³/mol. The number of rotatable bonds is 4. The molecule has 0 aliphatic rings. The first-order valence-electron chi connectivity index (χ1n) is 5.86. The molecule has 0 bridgehead atoms. The fourth-order valence-electron chi connectivity index (χ4n) is 2.01. The van der Waals surface area contributed by atoms with E-state index in [-0.39, 0.29) is 12.5 Å². The van der Waals surface area contributed by atoms with Crippen molar-refractivity contribution in [3.05, 3.63) is 63.9 Å². The van der Waals surface area contributed by atoms with Gasteiger partial charge in [-0.3, -0.25) is 4.98 Å². The van der Waals surface area contributed by atoms with Gasteiger partial charge in [0.05, 0.1) is 6.10 Å². The molecule has 0 amide bonds. The van der Waals surface area contributed by atoms with Crippen LogP contribution in [0.5, 0.6) is 0 Å². The van der Waals surface area contributed by atoms with Crippen molar-refractivity contribution in [1.29, 1.82) is 0 Å². The summed E-state index contributed by atoms with van der Waals surface area (Å²) >= 11 is 12.0. The molecule has 0 saturated heterocycles. The Hall–Kier alpha value is -1.13. The molecule has 100 valence electrons. The summed E-state index contributed by atoms with van der Waals surface area (Å²) < 4.78 is 0. The third-order valence-electron chi connectivity index (χ3n) is 3.02. The van der Waals surface area contributed by atoms with Crippen LogP contribution in [0.1, 0.15) is 23.1 Å². The van der Waals surface area contributed by atoms with Crippen LogP contribution >= 0.6 is 23.2 Å². The zero-order chi connectivity index (χ0) is 13.8. The second kappa shape index (κ2) is 6.35. The van der Waals surface area contributed by atoms with Crippen LogP contribution in [-0.4, -0.2) is 16.6 Å². The maximum atomic E-state index is 10.4. The molecule has 2 atom stereocenters. The number of nitrogens with zero attached hydrogens (tertiary/aromatic N) is 1. The lowest BCUT2D eigenvalue weighted by Gasteiger charge is -2.23. The fraction of sp³-hybridized carbons (Fsp3) is 0.214. The number of aliphatic hydroxyl groups is 1. The molecule has 3 N–H and O–H groups in total. The highest BCUT2D eigenvalue weighted by Gasteiger charge is 2.23. The minimum Gasteiger partial charge on any atom is -0.388 e. The lowest BCUT2D eigenvalue weighted by Crippen LogP contribution is -2.20. The summed E-state index contributed by atoms with van der Waals surface area (Å²) in [4.78, 5) is 4.00. The van der Waals surface area contributed by atoms with Crippen LogP contribution in [0.25, 0.3) is 0 Å². The Balaban J connectivity index is 2.34. The molecule has 0 spiro atoms. The van der Waals surface area contributed by atoms with Crippen LogP contribution in [0, 0.1) is 0 Å². The minimum atomic E-state index is -0.752. The van der Waals surface area contributed by atoms with E-state index in [1.54, 1.807) is 36.7 Å². The number of nitrogens with two attached hydrogens (primary N) is 1. The van der Waals surface area contributed by atoms with E-state index in [1.165, 1.54) is 0 Å². The van der Waals surface area contributed by atoms with Gasteiger partial charge in [0, 0.05) is 34.9 Å². The maximum absolute atomic E-state index is 10.4. The smallest absolute Gasteiger partial charge is 0.0886 e. The first-order chi connectivity index (χ1) is 9.13. The van der Waals surface area contributed by atoms with Gasteiger partial charge in [-0.05, 0) is 29.3 Å². The van der Waals surface area contributed by atoms with Crippen molar-refractivity contribution >= 4 is 23.2 Å². The van der Waals surface area contributed by atoms with Crippen LogP contribution in [0.15, 0.2) is 42.7 Å². The van der Waals surface area contributed by atoms with Gasteiger partial charge in [0.2, 0.25) is 0 Å². The van der Waals surface area contributed by atoms with E-state index in [9.17, 15) is 5.11 Å². The number of hydrogen-bond donors (Lipinski definition) is 2. The van der Waals surface area contributed by atoms with Gasteiger partial charge >= 0.3 is 0 Å². The van der Waals surface area contributed by atoms with E-state index in [4.69, 9.17) is 28.9 Å². The summed E-state index contributed by atoms with van der Waals surface area (Å²) in [5, 5.41) is 11.5. The minimum absolute atomic E-state index is 0.275. The number of aliphatic hydroxyl groups excluding tert-OH is 1. The zero-order valence-corrected chi connectivity index (χ0v) is 11.6. The molecule has 0 fully saturated rings. The SMILES string of the molecule is NCC(c1ccc(Cl)cc1Cl)C(O)c1cccnc1. The van der Waals surface area contributed by atoms with Gasteiger partial charge in [-0.15, -0.1) is 0 Å². The zero-order valence-electron chi connectivity index (χ0n) is 10.1. The Kier molecular flexibility index (Phi) is 4.77. The van der Waals surface area contributed by atoms with Gasteiger partial charge in [-0.25, -0.2) is 0 Å². The molecular weight excluding hydrogens is 283 g/mol. The van der Waals surface area contributed by atoms with Crippen LogP contribution in [0.4, 0.5) is 0 Å². The number of benzene rings is 1. The van der Waals surface area contributed by atoms with E-state index in [0.29, 0.717) is 15.6 Å². The Labute approximate surface area is 122 Å². The molecule has 0 aliphatic heterocycles. The van der Waals surface area contributed by atoms with Crippen molar-refractivity contribution in [1.82, 2.24) is 4.98 Å². The Bertz CT molecular complexity index is 548. The molecule has 3 nitrogen and oxygen atoms in total. The van der Waals surface area contributed by atoms with Gasteiger partial charge < -0.3 is 10.8 Å². The lowest BCUT2D eigenvalue weighted by atomic mass is 9.90. The summed E-state index contributed by atoms with van der Waals surface area (Å²) in [6.07, 6.45) is 2.53. The van der Waals surface area contributed by atoms with Crippen molar-refractivity contribution < 1.29 is 5.11 Å². The van der Waals surface area contributed by atoms with Gasteiger partial charge in [0.1, 0.15) is 0 Å². The Morgan fingerprint density at radius 2 is 2.05 bits per heavy atom. The average molecular weight is 297 g/mol. The van der Waals surface area contributed by atoms with Crippen LogP contribution in [-0.2, 0) is 0 Å². The Morgan fingerprint density at radius 3 is 2.63 bits per heavy atom. The quantitative estimate of drug-likeness (QED) is 0.911. The van der Waals surface area contributed by atoms with Crippen LogP contribution < -0.4 is 5.73 Å². The van der Waals surface area contributed by atoms with Gasteiger partial charge in [-0.2, -0.15) is 0 Å². The summed E-state index contributed by atoms with van der Waals surface area (Å²) in [5.41, 5.74) is 7.27. The van der Waals surface area contributed by atoms with Crippen molar-refractivity contribution in [3.8, 4) is 0 Å². The molecule has 0 saturated carbocycles. The normalized spacial score (nSPS) is 14.1. The molecule has 0 radical (unpaired) electrons. The number of pyridine rings is 1. The van der Waals surface area contributed by atoms with E-state index in [1.807, 2.05) is 6.07 Å². The highest BCUT2D eigenvalue weighted by Crippen LogP contribution is 2.35. The summed E-state index contributed by atoms with van der Waals surface area (Å²) in [7, 11) is 0. The van der Waals surface area contributed by atoms with Gasteiger partial charge in [-0.1, -0.05) is 35.3 Å². The van der Waals surface area contributed by atoms with Crippen molar-refractivity contribution in [2.75, 3.05) is 6.54 Å². The highest BCUT2D eigenvalue weighted by molar-refractivity contribution is 6.35. The fourth-order valence-corrected chi connectivity index (χ4v) is 2.56. The Morgan fingerprint density at radius 1 is 1.26 bits per heavy atom. The van der Waals surface area contributed by atoms with Crippen LogP contribution in [0.2, 0.25) is 10.0 Å². The second-order valence-electron chi connectivity index (χ2n) is 4.24. The molecule has 19 heavy (non-hydrogen) atoms. The van der Waals surface area contributed by atoms with Crippen LogP contribution in [0.3, 0.4) is 0 Å². The topological polar surface area (TPSA) is 59.1 Å². The third-order valence-corrected chi connectivity index (χ3v) is 3.59. The van der Waals surface area contributed by atoms with Gasteiger partial charge in [0.15, 0.2) is 0 Å². The van der Waals surface area contributed by atoms with E-state index in [0.717, 1.165) is 5.56 Å². The second-order valence-corrected chi connectivity index (χ2v) is 5.08. The summed E-state index contributed by atoms with van der Waals surface area (Å²) in [5.74, 6) is -0.297. The predicted octanol–water partition coefficient (Wildman–Crippen LogP) is 3.16. The van der Waals surface area contributed by atoms with E-state index >= 15 is 0 Å². The molecular formula is C14H14Cl2N2O. The number of hydrogen-bond acceptors (Lipinski definition) is 3. The molecule has 2 aromatic rings. The monoisotopic (exact) mass is 296 g/mol. The molecule has 2 unspecified atom stereocenters. The lowest BCUT2D eigenvalue weighted by molar-refractivity contribution is 0.147. The summed E-state index contributed by atoms with van der Waals surface area (Å²) in [6.45, 7) is 0.275. The van der Waals surface area contributed by atoms with Gasteiger partial charge in [0.25, 0.3) is 0 Å².